The third kappa shape index (κ3) is 3.33. The van der Waals surface area contributed by atoms with Crippen LogP contribution in [-0.2, 0) is 9.47 Å². The summed E-state index contributed by atoms with van der Waals surface area (Å²) in [5.41, 5.74) is 0.0884. The summed E-state index contributed by atoms with van der Waals surface area (Å²) < 4.78 is 16.8. The van der Waals surface area contributed by atoms with Crippen molar-refractivity contribution in [2.45, 2.75) is 31.8 Å². The van der Waals surface area contributed by atoms with Gasteiger partial charge in [0.05, 0.1) is 32.0 Å². The molecule has 1 spiro atoms. The SMILES string of the molecule is C=CCOC[C@@H]1CCC[C@@]12CN(C(=O)c1cc(C)on1)CCO2. The van der Waals surface area contributed by atoms with Crippen LogP contribution in [0.3, 0.4) is 0 Å². The number of aromatic nitrogens is 1. The van der Waals surface area contributed by atoms with Gasteiger partial charge in [-0.05, 0) is 19.8 Å². The molecule has 1 aromatic rings. The lowest BCUT2D eigenvalue weighted by Gasteiger charge is -2.43. The molecule has 1 saturated heterocycles. The highest BCUT2D eigenvalue weighted by molar-refractivity contribution is 5.92. The van der Waals surface area contributed by atoms with Gasteiger partial charge in [0, 0.05) is 18.5 Å². The number of nitrogens with zero attached hydrogens (tertiary/aromatic N) is 2. The smallest absolute Gasteiger partial charge is 0.276 e. The molecule has 1 amide bonds. The van der Waals surface area contributed by atoms with E-state index in [0.717, 1.165) is 19.3 Å². The maximum absolute atomic E-state index is 12.6. The van der Waals surface area contributed by atoms with Crippen molar-refractivity contribution >= 4 is 5.91 Å². The maximum atomic E-state index is 12.6. The van der Waals surface area contributed by atoms with Crippen molar-refractivity contribution in [3.05, 3.63) is 30.2 Å². The molecule has 2 heterocycles. The summed E-state index contributed by atoms with van der Waals surface area (Å²) in [7, 11) is 0. The third-order valence-corrected chi connectivity index (χ3v) is 4.79. The van der Waals surface area contributed by atoms with Crippen LogP contribution in [0.4, 0.5) is 0 Å². The van der Waals surface area contributed by atoms with Crippen LogP contribution in [0.1, 0.15) is 35.5 Å². The Morgan fingerprint density at radius 3 is 3.26 bits per heavy atom. The van der Waals surface area contributed by atoms with Crippen molar-refractivity contribution in [1.29, 1.82) is 0 Å². The number of carbonyl (C=O) groups is 1. The van der Waals surface area contributed by atoms with E-state index in [9.17, 15) is 4.79 Å². The van der Waals surface area contributed by atoms with Gasteiger partial charge in [-0.15, -0.1) is 6.58 Å². The topological polar surface area (TPSA) is 64.8 Å². The Bertz CT molecular complexity index is 571. The predicted molar refractivity (Wildman–Crippen MR) is 84.2 cm³/mol. The van der Waals surface area contributed by atoms with E-state index >= 15 is 0 Å². The standard InChI is InChI=1S/C17H24N2O4/c1-3-8-21-11-14-5-4-6-17(14)12-19(7-9-22-17)16(20)15-10-13(2)23-18-15/h3,10,14H,1,4-9,11-12H2,2H3/t14-,17+/m0/s1. The maximum Gasteiger partial charge on any atom is 0.276 e. The molecule has 1 aromatic heterocycles. The second-order valence-electron chi connectivity index (χ2n) is 6.38. The van der Waals surface area contributed by atoms with E-state index in [0.29, 0.717) is 50.3 Å². The first kappa shape index (κ1) is 16.2. The van der Waals surface area contributed by atoms with Gasteiger partial charge in [-0.1, -0.05) is 17.7 Å². The zero-order chi connectivity index (χ0) is 16.3. The summed E-state index contributed by atoms with van der Waals surface area (Å²) in [6.07, 6.45) is 4.90. The second-order valence-corrected chi connectivity index (χ2v) is 6.38. The lowest BCUT2D eigenvalue weighted by atomic mass is 9.89. The summed E-state index contributed by atoms with van der Waals surface area (Å²) in [5.74, 6) is 0.882. The van der Waals surface area contributed by atoms with Crippen LogP contribution in [0.25, 0.3) is 0 Å². The lowest BCUT2D eigenvalue weighted by molar-refractivity contribution is -0.132. The summed E-state index contributed by atoms with van der Waals surface area (Å²) >= 11 is 0. The predicted octanol–water partition coefficient (Wildman–Crippen LogP) is 2.20. The van der Waals surface area contributed by atoms with Crippen LogP contribution < -0.4 is 0 Å². The molecule has 0 N–H and O–H groups in total. The van der Waals surface area contributed by atoms with E-state index in [1.165, 1.54) is 0 Å². The van der Waals surface area contributed by atoms with Gasteiger partial charge in [0.1, 0.15) is 5.76 Å². The molecule has 126 valence electrons. The molecule has 0 unspecified atom stereocenters. The number of carbonyl (C=O) groups excluding carboxylic acids is 1. The quantitative estimate of drug-likeness (QED) is 0.615. The molecule has 1 aliphatic carbocycles. The van der Waals surface area contributed by atoms with E-state index in [1.807, 2.05) is 4.90 Å². The van der Waals surface area contributed by atoms with Crippen LogP contribution in [0.2, 0.25) is 0 Å². The molecule has 23 heavy (non-hydrogen) atoms. The van der Waals surface area contributed by atoms with E-state index in [2.05, 4.69) is 11.7 Å². The number of rotatable bonds is 5. The van der Waals surface area contributed by atoms with Crippen molar-refractivity contribution in [2.75, 3.05) is 32.9 Å². The Morgan fingerprint density at radius 1 is 1.65 bits per heavy atom. The molecule has 0 aromatic carbocycles. The first-order valence-corrected chi connectivity index (χ1v) is 8.20. The largest absolute Gasteiger partial charge is 0.377 e. The normalized spacial score (nSPS) is 27.5. The lowest BCUT2D eigenvalue weighted by Crippen LogP contribution is -2.56. The van der Waals surface area contributed by atoms with Crippen molar-refractivity contribution < 1.29 is 18.8 Å². The van der Waals surface area contributed by atoms with Crippen molar-refractivity contribution in [2.24, 2.45) is 5.92 Å². The van der Waals surface area contributed by atoms with Gasteiger partial charge in [-0.2, -0.15) is 0 Å². The Kier molecular flexibility index (Phi) is 4.82. The number of hydrogen-bond donors (Lipinski definition) is 0. The summed E-state index contributed by atoms with van der Waals surface area (Å²) in [6.45, 7) is 8.40. The molecule has 1 saturated carbocycles. The van der Waals surface area contributed by atoms with Gasteiger partial charge >= 0.3 is 0 Å². The summed E-state index contributed by atoms with van der Waals surface area (Å²) in [6, 6.07) is 1.68. The van der Waals surface area contributed by atoms with Crippen LogP contribution in [0, 0.1) is 12.8 Å². The highest BCUT2D eigenvalue weighted by Crippen LogP contribution is 2.41. The molecule has 2 atom stereocenters. The molecule has 0 bridgehead atoms. The molecular formula is C17H24N2O4. The number of ether oxygens (including phenoxy) is 2. The third-order valence-electron chi connectivity index (χ3n) is 4.79. The number of aryl methyl sites for hydroxylation is 1. The average Bonchev–Trinajstić information content (AvgIpc) is 3.14. The van der Waals surface area contributed by atoms with Crippen LogP contribution in [0.15, 0.2) is 23.2 Å². The number of morpholine rings is 1. The van der Waals surface area contributed by atoms with Gasteiger partial charge in [0.25, 0.3) is 5.91 Å². The Balaban J connectivity index is 1.69. The van der Waals surface area contributed by atoms with E-state index in [1.54, 1.807) is 19.1 Å². The van der Waals surface area contributed by atoms with Crippen molar-refractivity contribution in [3.8, 4) is 0 Å². The Hall–Kier alpha value is -1.66. The minimum absolute atomic E-state index is 0.0813. The number of amides is 1. The zero-order valence-electron chi connectivity index (χ0n) is 13.6. The first-order valence-electron chi connectivity index (χ1n) is 8.20. The second kappa shape index (κ2) is 6.84. The molecule has 3 rings (SSSR count). The van der Waals surface area contributed by atoms with E-state index in [-0.39, 0.29) is 11.5 Å². The number of hydrogen-bond acceptors (Lipinski definition) is 5. The van der Waals surface area contributed by atoms with Gasteiger partial charge < -0.3 is 18.9 Å². The van der Waals surface area contributed by atoms with E-state index < -0.39 is 0 Å². The minimum Gasteiger partial charge on any atom is -0.377 e. The Labute approximate surface area is 136 Å². The van der Waals surface area contributed by atoms with Gasteiger partial charge in [0.15, 0.2) is 5.69 Å². The average molecular weight is 320 g/mol. The summed E-state index contributed by atoms with van der Waals surface area (Å²) in [5, 5.41) is 3.84. The molecule has 2 fully saturated rings. The van der Waals surface area contributed by atoms with Gasteiger partial charge in [0.2, 0.25) is 0 Å². The monoisotopic (exact) mass is 320 g/mol. The molecule has 0 radical (unpaired) electrons. The Morgan fingerprint density at radius 2 is 2.52 bits per heavy atom. The zero-order valence-corrected chi connectivity index (χ0v) is 13.6. The van der Waals surface area contributed by atoms with Crippen molar-refractivity contribution in [1.82, 2.24) is 10.1 Å². The van der Waals surface area contributed by atoms with Crippen LogP contribution in [0.5, 0.6) is 0 Å². The highest BCUT2D eigenvalue weighted by Gasteiger charge is 2.48. The van der Waals surface area contributed by atoms with Crippen LogP contribution >= 0.6 is 0 Å². The molecule has 6 nitrogen and oxygen atoms in total. The molecule has 1 aliphatic heterocycles. The fourth-order valence-electron chi connectivity index (χ4n) is 3.65. The minimum atomic E-state index is -0.284. The first-order chi connectivity index (χ1) is 11.1. The van der Waals surface area contributed by atoms with Gasteiger partial charge in [-0.3, -0.25) is 4.79 Å². The molecule has 6 heteroatoms. The van der Waals surface area contributed by atoms with Crippen molar-refractivity contribution in [3.63, 3.8) is 0 Å². The highest BCUT2D eigenvalue weighted by atomic mass is 16.5. The molecule has 2 aliphatic rings. The van der Waals surface area contributed by atoms with E-state index in [4.69, 9.17) is 14.0 Å². The van der Waals surface area contributed by atoms with Gasteiger partial charge in [-0.25, -0.2) is 0 Å². The summed E-state index contributed by atoms with van der Waals surface area (Å²) in [4.78, 5) is 14.5. The fraction of sp³-hybridized carbons (Fsp3) is 0.647. The molecular weight excluding hydrogens is 296 g/mol. The van der Waals surface area contributed by atoms with Crippen LogP contribution in [-0.4, -0.2) is 54.5 Å². The fourth-order valence-corrected chi connectivity index (χ4v) is 3.65.